The molecule has 1 aromatic heterocycles. The third kappa shape index (κ3) is 3.78. The minimum Gasteiger partial charge on any atom is -0.482 e. The maximum absolute atomic E-state index is 6.04. The maximum atomic E-state index is 6.04. The molecule has 19 heavy (non-hydrogen) atoms. The summed E-state index contributed by atoms with van der Waals surface area (Å²) in [6.07, 6.45) is 3.23. The van der Waals surface area contributed by atoms with E-state index < -0.39 is 0 Å². The molecule has 0 aliphatic rings. The van der Waals surface area contributed by atoms with Gasteiger partial charge < -0.3 is 10.5 Å². The Morgan fingerprint density at radius 2 is 1.89 bits per heavy atom. The maximum Gasteiger partial charge on any atom is 0.139 e. The van der Waals surface area contributed by atoms with E-state index in [0.717, 1.165) is 10.0 Å². The van der Waals surface area contributed by atoms with Gasteiger partial charge >= 0.3 is 0 Å². The van der Waals surface area contributed by atoms with E-state index >= 15 is 0 Å². The molecule has 0 fully saturated rings. The van der Waals surface area contributed by atoms with Crippen molar-refractivity contribution in [1.29, 1.82) is 0 Å². The summed E-state index contributed by atoms with van der Waals surface area (Å²) in [4.78, 5) is 4.09. The summed E-state index contributed by atoms with van der Waals surface area (Å²) in [5.74, 6) is 0.706. The Bertz CT molecular complexity index is 540. The number of benzene rings is 1. The Kier molecular flexibility index (Phi) is 4.56. The van der Waals surface area contributed by atoms with Crippen molar-refractivity contribution in [1.82, 2.24) is 4.98 Å². The Balaban J connectivity index is 2.23. The highest BCUT2D eigenvalue weighted by atomic mass is 79.9. The van der Waals surface area contributed by atoms with Crippen LogP contribution in [0.2, 0.25) is 0 Å². The lowest BCUT2D eigenvalue weighted by Crippen LogP contribution is -2.29. The fraction of sp³-hybridized carbons (Fsp3) is 0.267. The molecule has 3 nitrogen and oxygen atoms in total. The van der Waals surface area contributed by atoms with Crippen LogP contribution in [0.4, 0.5) is 0 Å². The second-order valence-corrected chi connectivity index (χ2v) is 5.56. The second kappa shape index (κ2) is 6.17. The smallest absolute Gasteiger partial charge is 0.139 e. The molecule has 2 aromatic rings. The van der Waals surface area contributed by atoms with Gasteiger partial charge in [-0.3, -0.25) is 4.98 Å². The molecule has 0 saturated heterocycles. The predicted molar refractivity (Wildman–Crippen MR) is 80.1 cm³/mol. The van der Waals surface area contributed by atoms with Crippen LogP contribution in [0.5, 0.6) is 5.75 Å². The summed E-state index contributed by atoms with van der Waals surface area (Å²) in [6, 6.07) is 10.0. The van der Waals surface area contributed by atoms with E-state index in [9.17, 15) is 0 Å². The average Bonchev–Trinajstić information content (AvgIpc) is 2.37. The summed E-state index contributed by atoms with van der Waals surface area (Å²) < 4.78 is 6.85. The average molecular weight is 321 g/mol. The Hall–Kier alpha value is -1.39. The Labute approximate surface area is 121 Å². The zero-order valence-corrected chi connectivity index (χ0v) is 12.6. The molecule has 4 heteroatoms. The number of pyridine rings is 1. The van der Waals surface area contributed by atoms with Gasteiger partial charge in [-0.1, -0.05) is 29.8 Å². The van der Waals surface area contributed by atoms with Gasteiger partial charge in [0.25, 0.3) is 0 Å². The molecule has 0 saturated carbocycles. The first-order valence-corrected chi connectivity index (χ1v) is 6.95. The molecule has 2 atom stereocenters. The first kappa shape index (κ1) is 14.0. The molecule has 2 unspecified atom stereocenters. The van der Waals surface area contributed by atoms with Crippen LogP contribution in [-0.4, -0.2) is 11.0 Å². The normalized spacial score (nSPS) is 13.9. The number of halogens is 1. The highest BCUT2D eigenvalue weighted by molar-refractivity contribution is 9.10. The lowest BCUT2D eigenvalue weighted by atomic mass is 10.0. The molecule has 0 spiro atoms. The molecule has 1 heterocycles. The van der Waals surface area contributed by atoms with Crippen molar-refractivity contribution in [2.45, 2.75) is 26.0 Å². The van der Waals surface area contributed by atoms with Crippen molar-refractivity contribution in [2.24, 2.45) is 5.73 Å². The van der Waals surface area contributed by atoms with Crippen molar-refractivity contribution in [3.05, 3.63) is 58.3 Å². The lowest BCUT2D eigenvalue weighted by Gasteiger charge is -2.23. The molecule has 2 N–H and O–H groups in total. The third-order valence-corrected chi connectivity index (χ3v) is 3.26. The molecular weight excluding hydrogens is 304 g/mol. The van der Waals surface area contributed by atoms with E-state index in [2.05, 4.69) is 52.1 Å². The molecule has 0 amide bonds. The van der Waals surface area contributed by atoms with E-state index in [1.807, 2.05) is 13.0 Å². The zero-order valence-electron chi connectivity index (χ0n) is 11.0. The van der Waals surface area contributed by atoms with Crippen LogP contribution in [0.1, 0.15) is 24.2 Å². The largest absolute Gasteiger partial charge is 0.482 e. The minimum absolute atomic E-state index is 0.110. The third-order valence-electron chi connectivity index (χ3n) is 2.83. The minimum atomic E-state index is -0.184. The molecule has 2 rings (SSSR count). The van der Waals surface area contributed by atoms with Crippen molar-refractivity contribution in [3.63, 3.8) is 0 Å². The fourth-order valence-corrected chi connectivity index (χ4v) is 2.18. The molecule has 0 aliphatic heterocycles. The van der Waals surface area contributed by atoms with E-state index in [0.29, 0.717) is 5.75 Å². The van der Waals surface area contributed by atoms with Gasteiger partial charge in [-0.15, -0.1) is 0 Å². The van der Waals surface area contributed by atoms with Crippen molar-refractivity contribution in [3.8, 4) is 5.75 Å². The number of ether oxygens (including phenoxy) is 1. The van der Waals surface area contributed by atoms with E-state index in [-0.39, 0.29) is 12.1 Å². The number of aryl methyl sites for hydroxylation is 1. The fourth-order valence-electron chi connectivity index (χ4n) is 1.84. The number of nitrogens with zero attached hydrogens (tertiary/aromatic N) is 1. The van der Waals surface area contributed by atoms with Crippen LogP contribution in [0.3, 0.4) is 0 Å². The van der Waals surface area contributed by atoms with Crippen molar-refractivity contribution in [2.75, 3.05) is 0 Å². The van der Waals surface area contributed by atoms with E-state index in [1.54, 1.807) is 12.4 Å². The van der Waals surface area contributed by atoms with Crippen molar-refractivity contribution >= 4 is 15.9 Å². The first-order chi connectivity index (χ1) is 9.06. The molecule has 1 aromatic carbocycles. The van der Waals surface area contributed by atoms with Gasteiger partial charge in [-0.05, 0) is 41.4 Å². The van der Waals surface area contributed by atoms with Crippen LogP contribution in [0.15, 0.2) is 47.2 Å². The molecular formula is C15H17BrN2O. The lowest BCUT2D eigenvalue weighted by molar-refractivity contribution is 0.179. The first-order valence-electron chi connectivity index (χ1n) is 6.15. The van der Waals surface area contributed by atoms with Crippen molar-refractivity contribution < 1.29 is 4.74 Å². The zero-order chi connectivity index (χ0) is 13.8. The number of hydrogen-bond donors (Lipinski definition) is 1. The molecule has 100 valence electrons. The topological polar surface area (TPSA) is 48.1 Å². The molecule has 0 aliphatic carbocycles. The van der Waals surface area contributed by atoms with Gasteiger partial charge in [-0.2, -0.15) is 0 Å². The Morgan fingerprint density at radius 1 is 1.21 bits per heavy atom. The summed E-state index contributed by atoms with van der Waals surface area (Å²) in [5.41, 5.74) is 8.32. The number of aromatic nitrogens is 1. The summed E-state index contributed by atoms with van der Waals surface area (Å²) in [7, 11) is 0. The number of hydrogen-bond acceptors (Lipinski definition) is 3. The second-order valence-electron chi connectivity index (χ2n) is 4.65. The highest BCUT2D eigenvalue weighted by Crippen LogP contribution is 2.25. The van der Waals surface area contributed by atoms with Crippen LogP contribution in [0, 0.1) is 6.92 Å². The summed E-state index contributed by atoms with van der Waals surface area (Å²) in [6.45, 7) is 4.00. The number of nitrogens with two attached hydrogens (primary N) is 1. The number of rotatable bonds is 4. The predicted octanol–water partition coefficient (Wildman–Crippen LogP) is 3.62. The summed E-state index contributed by atoms with van der Waals surface area (Å²) >= 11 is 3.38. The van der Waals surface area contributed by atoms with Crippen LogP contribution in [-0.2, 0) is 0 Å². The quantitative estimate of drug-likeness (QED) is 0.936. The van der Waals surface area contributed by atoms with Gasteiger partial charge in [0.05, 0.1) is 6.20 Å². The Morgan fingerprint density at radius 3 is 2.47 bits per heavy atom. The van der Waals surface area contributed by atoms with Gasteiger partial charge in [-0.25, -0.2) is 0 Å². The van der Waals surface area contributed by atoms with Gasteiger partial charge in [0.15, 0.2) is 0 Å². The van der Waals surface area contributed by atoms with E-state index in [4.69, 9.17) is 10.5 Å². The SMILES string of the molecule is Cc1ccc(C(Oc2cncc(Br)c2)C(C)N)cc1. The van der Waals surface area contributed by atoms with Crippen LogP contribution in [0.25, 0.3) is 0 Å². The van der Waals surface area contributed by atoms with Crippen LogP contribution >= 0.6 is 15.9 Å². The summed E-state index contributed by atoms with van der Waals surface area (Å²) in [5, 5.41) is 0. The van der Waals surface area contributed by atoms with Gasteiger partial charge in [0.2, 0.25) is 0 Å². The monoisotopic (exact) mass is 320 g/mol. The van der Waals surface area contributed by atoms with Gasteiger partial charge in [0, 0.05) is 16.7 Å². The van der Waals surface area contributed by atoms with Gasteiger partial charge in [0.1, 0.15) is 11.9 Å². The molecule has 0 bridgehead atoms. The molecule has 0 radical (unpaired) electrons. The van der Waals surface area contributed by atoms with E-state index in [1.165, 1.54) is 5.56 Å². The standard InChI is InChI=1S/C15H17BrN2O/c1-10-3-5-12(6-4-10)15(11(2)17)19-14-7-13(16)8-18-9-14/h3-9,11,15H,17H2,1-2H3. The van der Waals surface area contributed by atoms with Crippen LogP contribution < -0.4 is 10.5 Å². The highest BCUT2D eigenvalue weighted by Gasteiger charge is 2.18.